The Bertz CT molecular complexity index is 1280. The van der Waals surface area contributed by atoms with E-state index in [1.807, 2.05) is 26.0 Å². The normalized spacial score (nSPS) is 12.7. The van der Waals surface area contributed by atoms with Crippen molar-refractivity contribution in [1.82, 2.24) is 4.57 Å². The number of thiazole rings is 1. The number of carbonyl (C=O) groups is 1. The Kier molecular flexibility index (Phi) is 6.05. The van der Waals surface area contributed by atoms with Gasteiger partial charge in [-0.15, -0.1) is 0 Å². The molecule has 3 aromatic rings. The molecule has 0 aliphatic rings. The van der Waals surface area contributed by atoms with Gasteiger partial charge in [-0.25, -0.2) is 8.42 Å². The molecule has 2 aromatic carbocycles. The summed E-state index contributed by atoms with van der Waals surface area (Å²) in [5.74, 6) is -0.425. The number of anilines is 2. The van der Waals surface area contributed by atoms with Crippen LogP contribution in [0.3, 0.4) is 0 Å². The van der Waals surface area contributed by atoms with Gasteiger partial charge in [0.2, 0.25) is 15.9 Å². The largest absolute Gasteiger partial charge is 0.324 e. The lowest BCUT2D eigenvalue weighted by Gasteiger charge is -2.31. The molecule has 1 amide bonds. The zero-order chi connectivity index (χ0) is 22.2. The van der Waals surface area contributed by atoms with Crippen LogP contribution in [0.25, 0.3) is 10.2 Å². The lowest BCUT2D eigenvalue weighted by molar-refractivity contribution is -0.117. The van der Waals surface area contributed by atoms with Crippen molar-refractivity contribution in [2.75, 3.05) is 15.9 Å². The van der Waals surface area contributed by atoms with Gasteiger partial charge >= 0.3 is 4.87 Å². The minimum atomic E-state index is -3.71. The molecule has 30 heavy (non-hydrogen) atoms. The first-order chi connectivity index (χ1) is 14.0. The first-order valence-electron chi connectivity index (χ1n) is 9.50. The Morgan fingerprint density at radius 3 is 2.53 bits per heavy atom. The van der Waals surface area contributed by atoms with Gasteiger partial charge in [0.25, 0.3) is 0 Å². The summed E-state index contributed by atoms with van der Waals surface area (Å²) in [5.41, 5.74) is 3.47. The third-order valence-electron chi connectivity index (χ3n) is 4.99. The van der Waals surface area contributed by atoms with Crippen LogP contribution in [0.2, 0.25) is 0 Å². The fourth-order valence-electron chi connectivity index (χ4n) is 3.43. The van der Waals surface area contributed by atoms with Gasteiger partial charge in [-0.05, 0) is 55.7 Å². The summed E-state index contributed by atoms with van der Waals surface area (Å²) in [4.78, 5) is 24.9. The second-order valence-corrected chi connectivity index (χ2v) is 10.2. The molecule has 0 aliphatic heterocycles. The van der Waals surface area contributed by atoms with Crippen molar-refractivity contribution in [1.29, 1.82) is 0 Å². The Balaban J connectivity index is 1.98. The van der Waals surface area contributed by atoms with Gasteiger partial charge in [-0.1, -0.05) is 30.4 Å². The smallest absolute Gasteiger partial charge is 0.307 e. The van der Waals surface area contributed by atoms with Crippen molar-refractivity contribution in [3.05, 3.63) is 57.2 Å². The van der Waals surface area contributed by atoms with Crippen molar-refractivity contribution in [2.45, 2.75) is 33.2 Å². The number of aromatic nitrogens is 1. The molecule has 1 N–H and O–H groups in total. The van der Waals surface area contributed by atoms with Crippen LogP contribution in [0.5, 0.6) is 0 Å². The Morgan fingerprint density at radius 2 is 1.90 bits per heavy atom. The molecule has 9 heteroatoms. The molecule has 0 fully saturated rings. The highest BCUT2D eigenvalue weighted by Gasteiger charge is 2.32. The minimum absolute atomic E-state index is 0.0851. The number of amides is 1. The van der Waals surface area contributed by atoms with E-state index in [1.54, 1.807) is 42.8 Å². The summed E-state index contributed by atoms with van der Waals surface area (Å²) in [5, 5.41) is 2.82. The first kappa shape index (κ1) is 22.0. The number of aryl methyl sites for hydroxylation is 3. The molecule has 0 bridgehead atoms. The molecule has 1 heterocycles. The molecule has 0 saturated carbocycles. The summed E-state index contributed by atoms with van der Waals surface area (Å²) in [7, 11) is -2.02. The van der Waals surface area contributed by atoms with Gasteiger partial charge in [-0.3, -0.25) is 13.9 Å². The quantitative estimate of drug-likeness (QED) is 0.627. The van der Waals surface area contributed by atoms with E-state index in [4.69, 9.17) is 0 Å². The van der Waals surface area contributed by atoms with Gasteiger partial charge in [0.1, 0.15) is 6.04 Å². The number of hydrogen-bond acceptors (Lipinski definition) is 5. The molecule has 1 atom stereocenters. The number of nitrogens with zero attached hydrogens (tertiary/aromatic N) is 2. The topological polar surface area (TPSA) is 88.5 Å². The predicted octanol–water partition coefficient (Wildman–Crippen LogP) is 3.40. The summed E-state index contributed by atoms with van der Waals surface area (Å²) in [6, 6.07) is 9.82. The molecule has 7 nitrogen and oxygen atoms in total. The average molecular weight is 448 g/mol. The summed E-state index contributed by atoms with van der Waals surface area (Å²) >= 11 is 1.09. The van der Waals surface area contributed by atoms with Crippen LogP contribution in [-0.2, 0) is 21.9 Å². The van der Waals surface area contributed by atoms with Crippen molar-refractivity contribution >= 4 is 48.9 Å². The predicted molar refractivity (Wildman–Crippen MR) is 123 cm³/mol. The number of hydrogen-bond donors (Lipinski definition) is 1. The lowest BCUT2D eigenvalue weighted by atomic mass is 10.1. The maximum absolute atomic E-state index is 13.1. The fourth-order valence-corrected chi connectivity index (χ4v) is 5.61. The van der Waals surface area contributed by atoms with Crippen LogP contribution in [0.1, 0.15) is 24.5 Å². The van der Waals surface area contributed by atoms with Crippen LogP contribution < -0.4 is 14.5 Å². The third-order valence-corrected chi connectivity index (χ3v) is 7.15. The highest BCUT2D eigenvalue weighted by molar-refractivity contribution is 7.92. The maximum atomic E-state index is 13.1. The lowest BCUT2D eigenvalue weighted by Crippen LogP contribution is -2.47. The highest BCUT2D eigenvalue weighted by atomic mass is 32.2. The maximum Gasteiger partial charge on any atom is 0.307 e. The molecule has 1 aromatic heterocycles. The monoisotopic (exact) mass is 447 g/mol. The highest BCUT2D eigenvalue weighted by Crippen LogP contribution is 2.28. The molecule has 3 rings (SSSR count). The summed E-state index contributed by atoms with van der Waals surface area (Å²) in [6.45, 7) is 5.48. The number of carbonyl (C=O) groups excluding carboxylic acids is 1. The number of benzene rings is 2. The van der Waals surface area contributed by atoms with Crippen molar-refractivity contribution in [3.8, 4) is 0 Å². The Morgan fingerprint density at radius 1 is 1.20 bits per heavy atom. The molecular weight excluding hydrogens is 422 g/mol. The number of sulfonamides is 1. The molecular formula is C21H25N3O4S2. The van der Waals surface area contributed by atoms with E-state index in [0.717, 1.165) is 38.9 Å². The van der Waals surface area contributed by atoms with Crippen LogP contribution in [0.15, 0.2) is 41.2 Å². The SMILES string of the molecule is CC[C@@H](C(=O)Nc1ccc2c(c1)sc(=O)n2C)N(c1cc(C)ccc1C)S(C)(=O)=O. The zero-order valence-electron chi connectivity index (χ0n) is 17.6. The zero-order valence-corrected chi connectivity index (χ0v) is 19.2. The Labute approximate surface area is 180 Å². The number of rotatable bonds is 6. The van der Waals surface area contributed by atoms with Crippen molar-refractivity contribution in [2.24, 2.45) is 7.05 Å². The van der Waals surface area contributed by atoms with Crippen molar-refractivity contribution < 1.29 is 13.2 Å². The van der Waals surface area contributed by atoms with E-state index < -0.39 is 22.0 Å². The van der Waals surface area contributed by atoms with Gasteiger partial charge in [0, 0.05) is 12.7 Å². The van der Waals surface area contributed by atoms with Crippen LogP contribution in [-0.4, -0.2) is 31.2 Å². The molecule has 0 spiro atoms. The third kappa shape index (κ3) is 4.27. The van der Waals surface area contributed by atoms with Crippen LogP contribution in [0.4, 0.5) is 11.4 Å². The van der Waals surface area contributed by atoms with Gasteiger partial charge in [0.05, 0.1) is 22.2 Å². The van der Waals surface area contributed by atoms with Gasteiger partial charge < -0.3 is 9.88 Å². The van der Waals surface area contributed by atoms with Gasteiger partial charge in [0.15, 0.2) is 0 Å². The molecule has 160 valence electrons. The second-order valence-electron chi connectivity index (χ2n) is 7.37. The van der Waals surface area contributed by atoms with Crippen molar-refractivity contribution in [3.63, 3.8) is 0 Å². The number of nitrogens with one attached hydrogen (secondary N) is 1. The van der Waals surface area contributed by atoms with E-state index >= 15 is 0 Å². The standard InChI is InChI=1S/C21H25N3O4S2/c1-6-16(24(30(5,27)28)18-11-13(2)7-8-14(18)3)20(25)22-15-9-10-17-19(12-15)29-21(26)23(17)4/h7-12,16H,6H2,1-5H3,(H,22,25)/t16-/m0/s1. The average Bonchev–Trinajstić information content (AvgIpc) is 2.94. The van der Waals surface area contributed by atoms with Crippen LogP contribution >= 0.6 is 11.3 Å². The molecule has 0 radical (unpaired) electrons. The molecule has 0 saturated heterocycles. The molecule has 0 aliphatic carbocycles. The minimum Gasteiger partial charge on any atom is -0.324 e. The van der Waals surface area contributed by atoms with Gasteiger partial charge in [-0.2, -0.15) is 0 Å². The summed E-state index contributed by atoms with van der Waals surface area (Å²) in [6.07, 6.45) is 1.41. The molecule has 0 unspecified atom stereocenters. The van der Waals surface area contributed by atoms with E-state index in [2.05, 4.69) is 5.32 Å². The fraction of sp³-hybridized carbons (Fsp3) is 0.333. The van der Waals surface area contributed by atoms with E-state index in [1.165, 1.54) is 4.31 Å². The first-order valence-corrected chi connectivity index (χ1v) is 12.2. The van der Waals surface area contributed by atoms with E-state index in [9.17, 15) is 18.0 Å². The van der Waals surface area contributed by atoms with E-state index in [-0.39, 0.29) is 4.87 Å². The van der Waals surface area contributed by atoms with Crippen LogP contribution in [0, 0.1) is 13.8 Å². The summed E-state index contributed by atoms with van der Waals surface area (Å²) < 4.78 is 28.9. The number of fused-ring (bicyclic) bond motifs is 1. The van der Waals surface area contributed by atoms with E-state index in [0.29, 0.717) is 17.8 Å². The second kappa shape index (κ2) is 8.23. The Hall–Kier alpha value is -2.65.